The topological polar surface area (TPSA) is 108 Å². The standard InChI is InChI=1S/C30H37F3N8O3/c1-19-26(31)20(2)28(33)25(27(19)32)30(43)35-22-17-21(5-6-24(22)40-11-9-38(3)10-12-40)41-18-23(36-37-41)29(42)34-7-4-8-39-13-15-44-16-14-39/h5-6,17-18H,4,7-16H2,1-3H3,(H,34,42)(H,35,43). The number of benzene rings is 2. The molecule has 236 valence electrons. The van der Waals surface area contributed by atoms with Crippen molar-refractivity contribution in [2.24, 2.45) is 0 Å². The minimum absolute atomic E-state index is 0.117. The fourth-order valence-electron chi connectivity index (χ4n) is 5.33. The zero-order valence-electron chi connectivity index (χ0n) is 25.1. The fourth-order valence-corrected chi connectivity index (χ4v) is 5.33. The van der Waals surface area contributed by atoms with Crippen molar-refractivity contribution in [1.29, 1.82) is 0 Å². The van der Waals surface area contributed by atoms with Crippen LogP contribution in [0, 0.1) is 31.3 Å². The van der Waals surface area contributed by atoms with Crippen LogP contribution >= 0.6 is 0 Å². The van der Waals surface area contributed by atoms with Gasteiger partial charge in [0.1, 0.15) is 23.0 Å². The number of hydrogen-bond donors (Lipinski definition) is 2. The number of anilines is 2. The largest absolute Gasteiger partial charge is 0.379 e. The number of hydrogen-bond acceptors (Lipinski definition) is 8. The Morgan fingerprint density at radius 2 is 1.61 bits per heavy atom. The molecule has 2 N–H and O–H groups in total. The van der Waals surface area contributed by atoms with Gasteiger partial charge in [0.2, 0.25) is 0 Å². The van der Waals surface area contributed by atoms with Gasteiger partial charge in [0.25, 0.3) is 11.8 Å². The van der Waals surface area contributed by atoms with Crippen LogP contribution in [0.5, 0.6) is 0 Å². The van der Waals surface area contributed by atoms with Gasteiger partial charge in [-0.3, -0.25) is 14.5 Å². The third-order valence-electron chi connectivity index (χ3n) is 8.09. The number of rotatable bonds is 9. The summed E-state index contributed by atoms with van der Waals surface area (Å²) in [6.45, 7) is 9.74. The summed E-state index contributed by atoms with van der Waals surface area (Å²) in [6, 6.07) is 5.13. The van der Waals surface area contributed by atoms with Crippen molar-refractivity contribution in [3.63, 3.8) is 0 Å². The fraction of sp³-hybridized carbons (Fsp3) is 0.467. The Balaban J connectivity index is 1.35. The van der Waals surface area contributed by atoms with Crippen LogP contribution in [0.1, 0.15) is 38.4 Å². The van der Waals surface area contributed by atoms with Gasteiger partial charge < -0.3 is 25.2 Å². The Morgan fingerprint density at radius 1 is 0.932 bits per heavy atom. The number of amides is 2. The molecule has 0 saturated carbocycles. The van der Waals surface area contributed by atoms with Crippen molar-refractivity contribution >= 4 is 23.2 Å². The van der Waals surface area contributed by atoms with E-state index in [0.717, 1.165) is 66.2 Å². The van der Waals surface area contributed by atoms with E-state index in [9.17, 15) is 22.8 Å². The molecule has 2 aliphatic heterocycles. The Kier molecular flexibility index (Phi) is 9.81. The average molecular weight is 615 g/mol. The molecule has 2 saturated heterocycles. The highest BCUT2D eigenvalue weighted by atomic mass is 19.1. The molecule has 0 radical (unpaired) electrons. The number of piperazine rings is 1. The van der Waals surface area contributed by atoms with Gasteiger partial charge in [0.15, 0.2) is 5.69 Å². The monoisotopic (exact) mass is 614 g/mol. The Hall–Kier alpha value is -4.01. The predicted molar refractivity (Wildman–Crippen MR) is 159 cm³/mol. The smallest absolute Gasteiger partial charge is 0.273 e. The van der Waals surface area contributed by atoms with Crippen LogP contribution in [-0.4, -0.2) is 109 Å². The number of carbonyl (C=O) groups is 2. The molecular weight excluding hydrogens is 577 g/mol. The number of aromatic nitrogens is 3. The van der Waals surface area contributed by atoms with Crippen LogP contribution in [0.25, 0.3) is 5.69 Å². The second-order valence-corrected chi connectivity index (χ2v) is 11.1. The van der Waals surface area contributed by atoms with Crippen molar-refractivity contribution in [2.45, 2.75) is 20.3 Å². The summed E-state index contributed by atoms with van der Waals surface area (Å²) in [5, 5.41) is 13.6. The Labute approximate surface area is 253 Å². The van der Waals surface area contributed by atoms with Crippen LogP contribution in [0.3, 0.4) is 0 Å². The SMILES string of the molecule is Cc1c(F)c(C)c(F)c(C(=O)Nc2cc(-n3cc(C(=O)NCCCN4CCOCC4)nn3)ccc2N2CCN(C)CC2)c1F. The average Bonchev–Trinajstić information content (AvgIpc) is 3.53. The van der Waals surface area contributed by atoms with Crippen LogP contribution in [0.4, 0.5) is 24.5 Å². The molecule has 0 bridgehead atoms. The predicted octanol–water partition coefficient (Wildman–Crippen LogP) is 2.76. The molecule has 3 heterocycles. The number of likely N-dealkylation sites (N-methyl/N-ethyl adjacent to an activating group) is 1. The second kappa shape index (κ2) is 13.7. The number of carbonyl (C=O) groups excluding carboxylic acids is 2. The first-order chi connectivity index (χ1) is 21.1. The summed E-state index contributed by atoms with van der Waals surface area (Å²) in [5.41, 5.74) is -0.223. The van der Waals surface area contributed by atoms with E-state index >= 15 is 0 Å². The molecule has 2 aromatic carbocycles. The van der Waals surface area contributed by atoms with Crippen LogP contribution in [-0.2, 0) is 4.74 Å². The molecule has 44 heavy (non-hydrogen) atoms. The molecule has 5 rings (SSSR count). The van der Waals surface area contributed by atoms with Gasteiger partial charge >= 0.3 is 0 Å². The Bertz CT molecular complexity index is 1490. The molecule has 0 unspecified atom stereocenters. The summed E-state index contributed by atoms with van der Waals surface area (Å²) in [7, 11) is 2.01. The van der Waals surface area contributed by atoms with Gasteiger partial charge in [0.05, 0.1) is 36.5 Å². The van der Waals surface area contributed by atoms with Crippen molar-refractivity contribution in [1.82, 2.24) is 30.1 Å². The maximum Gasteiger partial charge on any atom is 0.273 e. The molecule has 11 nitrogen and oxygen atoms in total. The third kappa shape index (κ3) is 6.87. The lowest BCUT2D eigenvalue weighted by atomic mass is 10.0. The van der Waals surface area contributed by atoms with Gasteiger partial charge in [-0.1, -0.05) is 5.21 Å². The lowest BCUT2D eigenvalue weighted by molar-refractivity contribution is 0.0374. The molecule has 0 atom stereocenters. The first-order valence-electron chi connectivity index (χ1n) is 14.7. The number of nitrogens with zero attached hydrogens (tertiary/aromatic N) is 6. The van der Waals surface area contributed by atoms with Crippen molar-refractivity contribution in [3.8, 4) is 5.69 Å². The van der Waals surface area contributed by atoms with Crippen LogP contribution in [0.15, 0.2) is 24.4 Å². The summed E-state index contributed by atoms with van der Waals surface area (Å²) >= 11 is 0. The summed E-state index contributed by atoms with van der Waals surface area (Å²) < 4.78 is 50.9. The first kappa shape index (κ1) is 31.4. The molecule has 2 aliphatic rings. The van der Waals surface area contributed by atoms with Crippen molar-refractivity contribution < 1.29 is 27.5 Å². The minimum atomic E-state index is -1.25. The summed E-state index contributed by atoms with van der Waals surface area (Å²) in [5.74, 6) is -4.95. The molecule has 3 aromatic rings. The molecule has 2 fully saturated rings. The Morgan fingerprint density at radius 3 is 2.30 bits per heavy atom. The highest BCUT2D eigenvalue weighted by molar-refractivity contribution is 6.07. The van der Waals surface area contributed by atoms with E-state index in [4.69, 9.17) is 4.74 Å². The van der Waals surface area contributed by atoms with Gasteiger partial charge in [-0.15, -0.1) is 5.10 Å². The van der Waals surface area contributed by atoms with E-state index in [1.54, 1.807) is 18.2 Å². The van der Waals surface area contributed by atoms with Gasteiger partial charge in [0, 0.05) is 56.9 Å². The normalized spacial score (nSPS) is 16.3. The third-order valence-corrected chi connectivity index (χ3v) is 8.09. The highest BCUT2D eigenvalue weighted by Crippen LogP contribution is 2.31. The zero-order chi connectivity index (χ0) is 31.4. The molecular formula is C30H37F3N8O3. The molecule has 2 amide bonds. The number of morpholine rings is 1. The van der Waals surface area contributed by atoms with E-state index in [-0.39, 0.29) is 17.3 Å². The van der Waals surface area contributed by atoms with Gasteiger partial charge in [-0.2, -0.15) is 0 Å². The van der Waals surface area contributed by atoms with Crippen molar-refractivity contribution in [3.05, 3.63) is 64.2 Å². The lowest BCUT2D eigenvalue weighted by Crippen LogP contribution is -2.44. The van der Waals surface area contributed by atoms with E-state index in [1.807, 2.05) is 7.05 Å². The molecule has 0 spiro atoms. The zero-order valence-corrected chi connectivity index (χ0v) is 25.1. The summed E-state index contributed by atoms with van der Waals surface area (Å²) in [4.78, 5) is 32.5. The lowest BCUT2D eigenvalue weighted by Gasteiger charge is -2.35. The van der Waals surface area contributed by atoms with E-state index < -0.39 is 40.0 Å². The molecule has 14 heteroatoms. The maximum absolute atomic E-state index is 15.0. The highest BCUT2D eigenvalue weighted by Gasteiger charge is 2.27. The van der Waals surface area contributed by atoms with Crippen LogP contribution < -0.4 is 15.5 Å². The maximum atomic E-state index is 15.0. The van der Waals surface area contributed by atoms with Gasteiger partial charge in [-0.25, -0.2) is 17.9 Å². The van der Waals surface area contributed by atoms with E-state index in [1.165, 1.54) is 10.9 Å². The summed E-state index contributed by atoms with van der Waals surface area (Å²) in [6.07, 6.45) is 2.25. The molecule has 0 aliphatic carbocycles. The minimum Gasteiger partial charge on any atom is -0.379 e. The molecule has 1 aromatic heterocycles. The van der Waals surface area contributed by atoms with Gasteiger partial charge in [-0.05, 0) is 52.1 Å². The quantitative estimate of drug-likeness (QED) is 0.355. The number of ether oxygens (including phenoxy) is 1. The number of nitrogens with one attached hydrogen (secondary N) is 2. The first-order valence-corrected chi connectivity index (χ1v) is 14.7. The second-order valence-electron chi connectivity index (χ2n) is 11.1. The number of halogens is 3. The van der Waals surface area contributed by atoms with Crippen LogP contribution in [0.2, 0.25) is 0 Å². The van der Waals surface area contributed by atoms with Crippen molar-refractivity contribution in [2.75, 3.05) is 82.8 Å². The van der Waals surface area contributed by atoms with E-state index in [2.05, 4.69) is 35.6 Å². The van der Waals surface area contributed by atoms with E-state index in [0.29, 0.717) is 31.0 Å².